The molecule has 1 aromatic rings. The van der Waals surface area contributed by atoms with E-state index in [0.717, 1.165) is 35.0 Å². The van der Waals surface area contributed by atoms with E-state index in [1.165, 1.54) is 0 Å². The van der Waals surface area contributed by atoms with Crippen molar-refractivity contribution in [3.63, 3.8) is 0 Å². The molecule has 1 amide bonds. The lowest BCUT2D eigenvalue weighted by atomic mass is 10.00. The van der Waals surface area contributed by atoms with Gasteiger partial charge in [0.25, 0.3) is 0 Å². The maximum absolute atomic E-state index is 12.1. The number of amides is 1. The summed E-state index contributed by atoms with van der Waals surface area (Å²) in [7, 11) is 0. The van der Waals surface area contributed by atoms with Crippen LogP contribution in [0.15, 0.2) is 22.7 Å². The Labute approximate surface area is 120 Å². The number of nitrogens with one attached hydrogen (secondary N) is 1. The van der Waals surface area contributed by atoms with Gasteiger partial charge in [-0.25, -0.2) is 0 Å². The minimum atomic E-state index is -0.279. The van der Waals surface area contributed by atoms with E-state index in [1.807, 2.05) is 18.2 Å². The maximum Gasteiger partial charge on any atom is 0.249 e. The van der Waals surface area contributed by atoms with E-state index in [9.17, 15) is 4.79 Å². The Morgan fingerprint density at radius 2 is 2.21 bits per heavy atom. The Hall–Kier alpha value is -1.07. The van der Waals surface area contributed by atoms with Crippen LogP contribution >= 0.6 is 15.9 Å². The molecular weight excluding hydrogens is 310 g/mol. The van der Waals surface area contributed by atoms with Crippen molar-refractivity contribution in [3.8, 4) is 5.75 Å². The summed E-state index contributed by atoms with van der Waals surface area (Å²) in [5, 5.41) is 3.08. The first-order valence-corrected chi connectivity index (χ1v) is 7.38. The van der Waals surface area contributed by atoms with Crippen molar-refractivity contribution in [2.45, 2.75) is 31.4 Å². The SMILES string of the molecule is O=C(N[C@@H]1CCOc2c(Br)cccc21)[C@H]1CCCO1. The van der Waals surface area contributed by atoms with Crippen LogP contribution < -0.4 is 10.1 Å². The summed E-state index contributed by atoms with van der Waals surface area (Å²) in [5.74, 6) is 0.835. The van der Waals surface area contributed by atoms with Crippen LogP contribution in [-0.2, 0) is 9.53 Å². The zero-order valence-corrected chi connectivity index (χ0v) is 12.1. The van der Waals surface area contributed by atoms with Crippen LogP contribution in [0.5, 0.6) is 5.75 Å². The van der Waals surface area contributed by atoms with Gasteiger partial charge in [0.05, 0.1) is 17.1 Å². The van der Waals surface area contributed by atoms with Crippen LogP contribution in [0.2, 0.25) is 0 Å². The zero-order chi connectivity index (χ0) is 13.2. The van der Waals surface area contributed by atoms with Crippen LogP contribution in [0.1, 0.15) is 30.9 Å². The molecule has 2 atom stereocenters. The Morgan fingerprint density at radius 3 is 3.00 bits per heavy atom. The second-order valence-corrected chi connectivity index (χ2v) is 5.71. The Balaban J connectivity index is 1.76. The molecule has 0 radical (unpaired) electrons. The molecule has 2 aliphatic heterocycles. The summed E-state index contributed by atoms with van der Waals surface area (Å²) in [4.78, 5) is 12.1. The van der Waals surface area contributed by atoms with Gasteiger partial charge in [0, 0.05) is 18.6 Å². The van der Waals surface area contributed by atoms with Crippen molar-refractivity contribution in [2.24, 2.45) is 0 Å². The molecule has 2 aliphatic rings. The van der Waals surface area contributed by atoms with Gasteiger partial charge in [-0.15, -0.1) is 0 Å². The Bertz CT molecular complexity index is 486. The molecule has 0 saturated carbocycles. The van der Waals surface area contributed by atoms with Crippen LogP contribution in [-0.4, -0.2) is 25.2 Å². The normalized spacial score (nSPS) is 25.5. The molecule has 0 aromatic heterocycles. The van der Waals surface area contributed by atoms with Crippen molar-refractivity contribution >= 4 is 21.8 Å². The molecule has 0 spiro atoms. The number of ether oxygens (including phenoxy) is 2. The number of hydrogen-bond donors (Lipinski definition) is 1. The molecule has 4 nitrogen and oxygen atoms in total. The standard InChI is InChI=1S/C14H16BrNO3/c15-10-4-1-3-9-11(6-8-19-13(9)10)16-14(17)12-5-2-7-18-12/h1,3-4,11-12H,2,5-8H2,(H,16,17)/t11-,12-/m1/s1. The Kier molecular flexibility index (Phi) is 3.75. The zero-order valence-electron chi connectivity index (χ0n) is 10.5. The number of halogens is 1. The van der Waals surface area contributed by atoms with Crippen molar-refractivity contribution in [2.75, 3.05) is 13.2 Å². The fraction of sp³-hybridized carbons (Fsp3) is 0.500. The topological polar surface area (TPSA) is 47.6 Å². The molecule has 1 fully saturated rings. The second kappa shape index (κ2) is 5.51. The van der Waals surface area contributed by atoms with Gasteiger partial charge in [0.1, 0.15) is 11.9 Å². The lowest BCUT2D eigenvalue weighted by Crippen LogP contribution is -2.38. The van der Waals surface area contributed by atoms with E-state index in [-0.39, 0.29) is 18.1 Å². The predicted molar refractivity (Wildman–Crippen MR) is 74.1 cm³/mol. The van der Waals surface area contributed by atoms with Gasteiger partial charge < -0.3 is 14.8 Å². The van der Waals surface area contributed by atoms with E-state index in [0.29, 0.717) is 13.2 Å². The smallest absolute Gasteiger partial charge is 0.249 e. The summed E-state index contributed by atoms with van der Waals surface area (Å²) in [6.45, 7) is 1.31. The summed E-state index contributed by atoms with van der Waals surface area (Å²) in [6.07, 6.45) is 2.30. The largest absolute Gasteiger partial charge is 0.492 e. The van der Waals surface area contributed by atoms with E-state index in [2.05, 4.69) is 21.2 Å². The summed E-state index contributed by atoms with van der Waals surface area (Å²) in [6, 6.07) is 5.92. The number of fused-ring (bicyclic) bond motifs is 1. The number of hydrogen-bond acceptors (Lipinski definition) is 3. The lowest BCUT2D eigenvalue weighted by molar-refractivity contribution is -0.131. The van der Waals surface area contributed by atoms with Gasteiger partial charge in [0.2, 0.25) is 5.91 Å². The van der Waals surface area contributed by atoms with Gasteiger partial charge in [-0.2, -0.15) is 0 Å². The van der Waals surface area contributed by atoms with Crippen LogP contribution in [0, 0.1) is 0 Å². The van der Waals surface area contributed by atoms with Crippen LogP contribution in [0.25, 0.3) is 0 Å². The molecule has 2 heterocycles. The van der Waals surface area contributed by atoms with Gasteiger partial charge in [-0.05, 0) is 34.8 Å². The monoisotopic (exact) mass is 325 g/mol. The Morgan fingerprint density at radius 1 is 1.32 bits per heavy atom. The van der Waals surface area contributed by atoms with E-state index >= 15 is 0 Å². The average molecular weight is 326 g/mol. The first-order valence-electron chi connectivity index (χ1n) is 6.59. The highest BCUT2D eigenvalue weighted by molar-refractivity contribution is 9.10. The van der Waals surface area contributed by atoms with E-state index in [1.54, 1.807) is 0 Å². The van der Waals surface area contributed by atoms with Crippen molar-refractivity contribution in [3.05, 3.63) is 28.2 Å². The lowest BCUT2D eigenvalue weighted by Gasteiger charge is -2.28. The molecule has 102 valence electrons. The minimum absolute atomic E-state index is 0.00433. The summed E-state index contributed by atoms with van der Waals surface area (Å²) < 4.78 is 12.0. The predicted octanol–water partition coefficient (Wildman–Crippen LogP) is 2.57. The fourth-order valence-corrected chi connectivity index (χ4v) is 3.08. The third-order valence-electron chi connectivity index (χ3n) is 3.56. The number of benzene rings is 1. The molecule has 19 heavy (non-hydrogen) atoms. The molecule has 1 aromatic carbocycles. The van der Waals surface area contributed by atoms with Gasteiger partial charge in [-0.1, -0.05) is 12.1 Å². The number of rotatable bonds is 2. The molecule has 1 N–H and O–H groups in total. The number of carbonyl (C=O) groups excluding carboxylic acids is 1. The molecule has 0 bridgehead atoms. The molecule has 1 saturated heterocycles. The van der Waals surface area contributed by atoms with Crippen molar-refractivity contribution in [1.29, 1.82) is 0 Å². The second-order valence-electron chi connectivity index (χ2n) is 4.86. The number of carbonyl (C=O) groups is 1. The first-order chi connectivity index (χ1) is 9.25. The quantitative estimate of drug-likeness (QED) is 0.909. The molecular formula is C14H16BrNO3. The van der Waals surface area contributed by atoms with Crippen LogP contribution in [0.3, 0.4) is 0 Å². The van der Waals surface area contributed by atoms with Crippen LogP contribution in [0.4, 0.5) is 0 Å². The average Bonchev–Trinajstić information content (AvgIpc) is 2.94. The van der Waals surface area contributed by atoms with Crippen molar-refractivity contribution in [1.82, 2.24) is 5.32 Å². The summed E-state index contributed by atoms with van der Waals surface area (Å²) in [5.41, 5.74) is 1.03. The van der Waals surface area contributed by atoms with Gasteiger partial charge >= 0.3 is 0 Å². The fourth-order valence-electron chi connectivity index (χ4n) is 2.59. The van der Waals surface area contributed by atoms with Gasteiger partial charge in [0.15, 0.2) is 0 Å². The molecule has 5 heteroatoms. The van der Waals surface area contributed by atoms with Gasteiger partial charge in [-0.3, -0.25) is 4.79 Å². The van der Waals surface area contributed by atoms with Crippen molar-refractivity contribution < 1.29 is 14.3 Å². The minimum Gasteiger partial charge on any atom is -0.492 e. The molecule has 3 rings (SSSR count). The van der Waals surface area contributed by atoms with E-state index in [4.69, 9.17) is 9.47 Å². The molecule has 0 aliphatic carbocycles. The highest BCUT2D eigenvalue weighted by atomic mass is 79.9. The third kappa shape index (κ3) is 2.62. The first kappa shape index (κ1) is 12.9. The maximum atomic E-state index is 12.1. The molecule has 0 unspecified atom stereocenters. The highest BCUT2D eigenvalue weighted by Gasteiger charge is 2.29. The summed E-state index contributed by atoms with van der Waals surface area (Å²) >= 11 is 3.48. The highest BCUT2D eigenvalue weighted by Crippen LogP contribution is 2.37. The van der Waals surface area contributed by atoms with E-state index < -0.39 is 0 Å². The third-order valence-corrected chi connectivity index (χ3v) is 4.19. The number of para-hydroxylation sites is 1.